The summed E-state index contributed by atoms with van der Waals surface area (Å²) >= 11 is 1.43. The van der Waals surface area contributed by atoms with E-state index in [1.807, 2.05) is 6.07 Å². The second-order valence-electron chi connectivity index (χ2n) is 16.9. The number of thiophene rings is 1. The maximum absolute atomic E-state index is 9.32. The average molecular weight is 801 g/mol. The third-order valence-corrected chi connectivity index (χ3v) is 14.7. The standard InChI is InChI=1S/C58H40N2S/c1-57(2)45-23-10-6-19-40(45)43-33-31-38(35-50(43)57)59(52-28-16-30-55-56(52)44-22-9-15-29-54(44)61-55)39-32-34-49-53(36-39)60(37-17-4-3-5-18-37)51-27-14-13-26-48(51)58(49)46-24-11-7-20-41(46)42-21-8-12-25-47(42)58/h3-36H,1-2H3/i9D,15D,22D,29D. The van der Waals surface area contributed by atoms with Gasteiger partial charge in [0, 0.05) is 42.6 Å². The van der Waals surface area contributed by atoms with Gasteiger partial charge in [0.1, 0.15) is 0 Å². The van der Waals surface area contributed by atoms with E-state index in [4.69, 9.17) is 4.11 Å². The van der Waals surface area contributed by atoms with Gasteiger partial charge in [0.15, 0.2) is 0 Å². The molecule has 2 nitrogen and oxygen atoms in total. The van der Waals surface area contributed by atoms with Gasteiger partial charge < -0.3 is 9.80 Å². The molecule has 1 aromatic heterocycles. The third kappa shape index (κ3) is 4.62. The van der Waals surface area contributed by atoms with Crippen molar-refractivity contribution in [2.75, 3.05) is 9.80 Å². The molecule has 9 aromatic carbocycles. The zero-order valence-corrected chi connectivity index (χ0v) is 34.4. The Hall–Kier alpha value is -7.20. The summed E-state index contributed by atoms with van der Waals surface area (Å²) in [5.41, 5.74) is 17.5. The van der Waals surface area contributed by atoms with Crippen molar-refractivity contribution in [3.8, 4) is 22.3 Å². The van der Waals surface area contributed by atoms with Crippen LogP contribution in [0, 0.1) is 0 Å². The van der Waals surface area contributed by atoms with E-state index in [9.17, 15) is 1.37 Å². The molecular formula is C58H40N2S. The number of hydrogen-bond donors (Lipinski definition) is 0. The topological polar surface area (TPSA) is 6.48 Å². The normalized spacial score (nSPS) is 15.5. The molecule has 61 heavy (non-hydrogen) atoms. The van der Waals surface area contributed by atoms with Crippen LogP contribution in [-0.4, -0.2) is 0 Å². The number of rotatable bonds is 4. The molecule has 0 unspecified atom stereocenters. The Balaban J connectivity index is 1.14. The summed E-state index contributed by atoms with van der Waals surface area (Å²) in [5, 5.41) is 1.35. The minimum absolute atomic E-state index is 0.00915. The zero-order valence-electron chi connectivity index (χ0n) is 37.6. The van der Waals surface area contributed by atoms with Gasteiger partial charge in [-0.05, 0) is 116 Å². The molecule has 0 saturated heterocycles. The summed E-state index contributed by atoms with van der Waals surface area (Å²) in [5.74, 6) is 0. The molecule has 1 spiro atoms. The molecule has 13 rings (SSSR count). The number of benzene rings is 9. The molecule has 0 radical (unpaired) electrons. The van der Waals surface area contributed by atoms with Gasteiger partial charge in [-0.1, -0.05) is 159 Å². The fraction of sp³-hybridized carbons (Fsp3) is 0.0690. The molecule has 1 aliphatic heterocycles. The van der Waals surface area contributed by atoms with Crippen LogP contribution in [0.4, 0.5) is 34.1 Å². The minimum atomic E-state index is -0.607. The second kappa shape index (κ2) is 12.7. The highest BCUT2D eigenvalue weighted by Gasteiger charge is 2.51. The quantitative estimate of drug-likeness (QED) is 0.175. The summed E-state index contributed by atoms with van der Waals surface area (Å²) in [6, 6.07) is 65.5. The van der Waals surface area contributed by atoms with Crippen LogP contribution in [0.1, 0.15) is 52.7 Å². The van der Waals surface area contributed by atoms with Crippen LogP contribution in [0.15, 0.2) is 206 Å². The summed E-state index contributed by atoms with van der Waals surface area (Å²) < 4.78 is 37.2. The molecule has 0 atom stereocenters. The van der Waals surface area contributed by atoms with E-state index in [1.54, 1.807) is 0 Å². The Labute approximate surface area is 365 Å². The maximum atomic E-state index is 9.32. The number of hydrogen-bond acceptors (Lipinski definition) is 3. The van der Waals surface area contributed by atoms with Gasteiger partial charge in [0.25, 0.3) is 0 Å². The van der Waals surface area contributed by atoms with E-state index in [0.29, 0.717) is 10.1 Å². The van der Waals surface area contributed by atoms with Crippen molar-refractivity contribution in [2.24, 2.45) is 0 Å². The van der Waals surface area contributed by atoms with Crippen LogP contribution < -0.4 is 9.80 Å². The molecule has 0 bridgehead atoms. The van der Waals surface area contributed by atoms with E-state index < -0.39 is 5.41 Å². The molecule has 2 aliphatic carbocycles. The highest BCUT2D eigenvalue weighted by Crippen LogP contribution is 2.64. The Bertz CT molecular complexity index is 3620. The van der Waals surface area contributed by atoms with Crippen molar-refractivity contribution in [1.82, 2.24) is 0 Å². The SMILES string of the molecule is [2H]c1c([2H])c([2H])c2c(sc3cccc(N(c4ccc5c(c4)N(c4ccccc4)c4ccccc4C54c5ccccc5-c5ccccc54)c4ccc5c(c4)C(C)(C)c4ccccc4-5)c32)c1[2H]. The molecule has 3 heteroatoms. The molecule has 0 amide bonds. The lowest BCUT2D eigenvalue weighted by atomic mass is 9.64. The Kier molecular flexibility index (Phi) is 6.39. The highest BCUT2D eigenvalue weighted by molar-refractivity contribution is 7.26. The molecule has 10 aromatic rings. The smallest absolute Gasteiger partial charge is 0.0754 e. The summed E-state index contributed by atoms with van der Waals surface area (Å²) in [4.78, 5) is 4.74. The fourth-order valence-corrected chi connectivity index (χ4v) is 12.1. The van der Waals surface area contributed by atoms with Crippen molar-refractivity contribution < 1.29 is 5.48 Å². The summed E-state index contributed by atoms with van der Waals surface area (Å²) in [7, 11) is 0. The van der Waals surface area contributed by atoms with E-state index >= 15 is 0 Å². The lowest BCUT2D eigenvalue weighted by Crippen LogP contribution is -2.36. The number of fused-ring (bicyclic) bond motifs is 15. The Morgan fingerprint density at radius 3 is 1.84 bits per heavy atom. The van der Waals surface area contributed by atoms with Gasteiger partial charge >= 0.3 is 0 Å². The van der Waals surface area contributed by atoms with Gasteiger partial charge in [-0.2, -0.15) is 0 Å². The van der Waals surface area contributed by atoms with E-state index in [-0.39, 0.29) is 29.6 Å². The van der Waals surface area contributed by atoms with Crippen LogP contribution >= 0.6 is 11.3 Å². The fourth-order valence-electron chi connectivity index (χ4n) is 11.1. The summed E-state index contributed by atoms with van der Waals surface area (Å²) in [6.45, 7) is 4.61. The van der Waals surface area contributed by atoms with Gasteiger partial charge in [-0.3, -0.25) is 0 Å². The monoisotopic (exact) mass is 800 g/mol. The number of para-hydroxylation sites is 2. The predicted octanol–water partition coefficient (Wildman–Crippen LogP) is 16.0. The van der Waals surface area contributed by atoms with Gasteiger partial charge in [-0.25, -0.2) is 0 Å². The van der Waals surface area contributed by atoms with Crippen LogP contribution in [0.3, 0.4) is 0 Å². The first-order valence-corrected chi connectivity index (χ1v) is 21.8. The summed E-state index contributed by atoms with van der Waals surface area (Å²) in [6.07, 6.45) is 0. The largest absolute Gasteiger partial charge is 0.310 e. The van der Waals surface area contributed by atoms with Crippen LogP contribution in [0.25, 0.3) is 42.4 Å². The number of anilines is 6. The molecule has 3 aliphatic rings. The third-order valence-electron chi connectivity index (χ3n) is 13.6. The Morgan fingerprint density at radius 2 is 1.07 bits per heavy atom. The zero-order chi connectivity index (χ0) is 43.9. The lowest BCUT2D eigenvalue weighted by molar-refractivity contribution is 0.660. The van der Waals surface area contributed by atoms with Crippen molar-refractivity contribution in [2.45, 2.75) is 24.7 Å². The van der Waals surface area contributed by atoms with Gasteiger partial charge in [0.2, 0.25) is 0 Å². The van der Waals surface area contributed by atoms with Crippen molar-refractivity contribution in [1.29, 1.82) is 0 Å². The molecule has 0 N–H and O–H groups in total. The van der Waals surface area contributed by atoms with Crippen LogP contribution in [0.2, 0.25) is 0 Å². The van der Waals surface area contributed by atoms with Gasteiger partial charge in [-0.15, -0.1) is 11.3 Å². The predicted molar refractivity (Wildman–Crippen MR) is 257 cm³/mol. The van der Waals surface area contributed by atoms with Crippen molar-refractivity contribution in [3.63, 3.8) is 0 Å². The first-order chi connectivity index (χ1) is 31.7. The average Bonchev–Trinajstić information content (AvgIpc) is 3.96. The van der Waals surface area contributed by atoms with Crippen LogP contribution in [0.5, 0.6) is 0 Å². The number of nitrogens with zero attached hydrogens (tertiary/aromatic N) is 2. The van der Waals surface area contributed by atoms with Crippen molar-refractivity contribution >= 4 is 65.6 Å². The molecule has 2 heterocycles. The molecular weight excluding hydrogens is 757 g/mol. The first-order valence-electron chi connectivity index (χ1n) is 22.9. The van der Waals surface area contributed by atoms with Crippen molar-refractivity contribution in [3.05, 3.63) is 240 Å². The van der Waals surface area contributed by atoms with E-state index in [2.05, 4.69) is 200 Å². The lowest BCUT2D eigenvalue weighted by Gasteiger charge is -2.45. The maximum Gasteiger partial charge on any atom is 0.0754 e. The molecule has 0 fully saturated rings. The molecule has 288 valence electrons. The minimum Gasteiger partial charge on any atom is -0.310 e. The van der Waals surface area contributed by atoms with E-state index in [0.717, 1.165) is 44.2 Å². The molecule has 0 saturated carbocycles. The second-order valence-corrected chi connectivity index (χ2v) is 18.0. The van der Waals surface area contributed by atoms with Crippen LogP contribution in [-0.2, 0) is 10.8 Å². The first kappa shape index (κ1) is 30.8. The van der Waals surface area contributed by atoms with Gasteiger partial charge in [0.05, 0.1) is 28.0 Å². The Morgan fingerprint density at radius 1 is 0.475 bits per heavy atom. The van der Waals surface area contributed by atoms with E-state index in [1.165, 1.54) is 67.0 Å². The highest BCUT2D eigenvalue weighted by atomic mass is 32.1.